The van der Waals surface area contributed by atoms with Gasteiger partial charge in [0.25, 0.3) is 0 Å². The van der Waals surface area contributed by atoms with Crippen molar-refractivity contribution < 1.29 is 17.9 Å². The topological polar surface area (TPSA) is 89.7 Å². The zero-order chi connectivity index (χ0) is 15.6. The number of piperidine rings is 1. The van der Waals surface area contributed by atoms with E-state index in [4.69, 9.17) is 17.3 Å². The molecule has 1 saturated heterocycles. The average molecular weight is 369 g/mol. The van der Waals surface area contributed by atoms with Crippen molar-refractivity contribution >= 4 is 40.0 Å². The monoisotopic (exact) mass is 368 g/mol. The Kier molecular flexibility index (Phi) is 6.64. The molecule has 1 fully saturated rings. The molecular formula is C13H18Cl2N2O4S. The van der Waals surface area contributed by atoms with E-state index in [0.717, 1.165) is 0 Å². The van der Waals surface area contributed by atoms with Gasteiger partial charge in [0, 0.05) is 24.2 Å². The highest BCUT2D eigenvalue weighted by molar-refractivity contribution is 7.89. The Morgan fingerprint density at radius 2 is 1.95 bits per heavy atom. The zero-order valence-electron chi connectivity index (χ0n) is 12.0. The minimum Gasteiger partial charge on any atom is -0.465 e. The molecule has 6 nitrogen and oxygen atoms in total. The Balaban J connectivity index is 0.00000242. The third-order valence-electron chi connectivity index (χ3n) is 3.47. The maximum atomic E-state index is 12.7. The molecule has 1 aromatic carbocycles. The number of rotatable bonds is 3. The zero-order valence-corrected chi connectivity index (χ0v) is 14.4. The minimum atomic E-state index is -3.80. The summed E-state index contributed by atoms with van der Waals surface area (Å²) in [6.45, 7) is 0.660. The van der Waals surface area contributed by atoms with Crippen LogP contribution in [-0.4, -0.2) is 44.9 Å². The fourth-order valence-corrected chi connectivity index (χ4v) is 4.16. The molecule has 1 heterocycles. The first-order chi connectivity index (χ1) is 9.86. The largest absolute Gasteiger partial charge is 0.465 e. The third-order valence-corrected chi connectivity index (χ3v) is 5.64. The van der Waals surface area contributed by atoms with Gasteiger partial charge in [-0.05, 0) is 31.0 Å². The van der Waals surface area contributed by atoms with Gasteiger partial charge >= 0.3 is 5.97 Å². The molecule has 0 aromatic heterocycles. The predicted octanol–water partition coefficient (Wildman–Crippen LogP) is 1.66. The van der Waals surface area contributed by atoms with E-state index in [1.165, 1.54) is 29.6 Å². The van der Waals surface area contributed by atoms with Gasteiger partial charge in [-0.15, -0.1) is 12.4 Å². The van der Waals surface area contributed by atoms with E-state index < -0.39 is 16.0 Å². The standard InChI is InChI=1S/C13H17ClN2O4S.ClH/c1-20-13(17)11-3-2-9(14)8-12(11)21(18,19)16-6-4-10(15)5-7-16;/h2-3,8,10H,4-7,15H2,1H3;1H. The highest BCUT2D eigenvalue weighted by atomic mass is 35.5. The third kappa shape index (κ3) is 3.91. The van der Waals surface area contributed by atoms with Crippen LogP contribution in [0, 0.1) is 0 Å². The Morgan fingerprint density at radius 3 is 2.50 bits per heavy atom. The molecule has 0 unspecified atom stereocenters. The van der Waals surface area contributed by atoms with Gasteiger partial charge in [-0.1, -0.05) is 11.6 Å². The molecule has 0 spiro atoms. The van der Waals surface area contributed by atoms with Crippen molar-refractivity contribution in [1.29, 1.82) is 0 Å². The second kappa shape index (κ2) is 7.61. The molecule has 0 amide bonds. The summed E-state index contributed by atoms with van der Waals surface area (Å²) in [4.78, 5) is 11.6. The van der Waals surface area contributed by atoms with Crippen molar-refractivity contribution in [3.8, 4) is 0 Å². The Hall–Kier alpha value is -0.860. The van der Waals surface area contributed by atoms with Crippen molar-refractivity contribution in [3.63, 3.8) is 0 Å². The maximum absolute atomic E-state index is 12.7. The normalized spacial score (nSPS) is 16.9. The number of benzene rings is 1. The van der Waals surface area contributed by atoms with Crippen LogP contribution < -0.4 is 5.73 Å². The molecule has 2 N–H and O–H groups in total. The fourth-order valence-electron chi connectivity index (χ4n) is 2.24. The molecule has 1 aliphatic heterocycles. The van der Waals surface area contributed by atoms with Crippen molar-refractivity contribution in [2.24, 2.45) is 5.73 Å². The van der Waals surface area contributed by atoms with Crippen LogP contribution in [0.15, 0.2) is 23.1 Å². The van der Waals surface area contributed by atoms with Crippen molar-refractivity contribution in [2.45, 2.75) is 23.8 Å². The highest BCUT2D eigenvalue weighted by Crippen LogP contribution is 2.26. The maximum Gasteiger partial charge on any atom is 0.339 e. The van der Waals surface area contributed by atoms with Crippen LogP contribution in [0.3, 0.4) is 0 Å². The van der Waals surface area contributed by atoms with Gasteiger partial charge in [-0.3, -0.25) is 0 Å². The van der Waals surface area contributed by atoms with Gasteiger partial charge in [0.05, 0.1) is 17.6 Å². The van der Waals surface area contributed by atoms with E-state index in [0.29, 0.717) is 25.9 Å². The fraction of sp³-hybridized carbons (Fsp3) is 0.462. The smallest absolute Gasteiger partial charge is 0.339 e. The van der Waals surface area contributed by atoms with Crippen molar-refractivity contribution in [1.82, 2.24) is 4.31 Å². The number of ether oxygens (including phenoxy) is 1. The van der Waals surface area contributed by atoms with Crippen LogP contribution in [0.4, 0.5) is 0 Å². The molecule has 0 bridgehead atoms. The van der Waals surface area contributed by atoms with E-state index in [9.17, 15) is 13.2 Å². The molecule has 0 radical (unpaired) electrons. The number of nitrogens with zero attached hydrogens (tertiary/aromatic N) is 1. The lowest BCUT2D eigenvalue weighted by molar-refractivity contribution is 0.0596. The lowest BCUT2D eigenvalue weighted by atomic mass is 10.1. The summed E-state index contributed by atoms with van der Waals surface area (Å²) in [5.74, 6) is -0.709. The molecule has 22 heavy (non-hydrogen) atoms. The molecule has 0 saturated carbocycles. The summed E-state index contributed by atoms with van der Waals surface area (Å²) in [5.41, 5.74) is 5.77. The Morgan fingerprint density at radius 1 is 1.36 bits per heavy atom. The molecule has 2 rings (SSSR count). The first-order valence-corrected chi connectivity index (χ1v) is 8.31. The number of halogens is 2. The molecular weight excluding hydrogens is 351 g/mol. The molecule has 0 aliphatic carbocycles. The van der Waals surface area contributed by atoms with E-state index in [2.05, 4.69) is 4.74 Å². The molecule has 1 aliphatic rings. The van der Waals surface area contributed by atoms with Crippen LogP contribution in [0.1, 0.15) is 23.2 Å². The summed E-state index contributed by atoms with van der Waals surface area (Å²) in [6.07, 6.45) is 1.18. The number of methoxy groups -OCH3 is 1. The highest BCUT2D eigenvalue weighted by Gasteiger charge is 2.32. The lowest BCUT2D eigenvalue weighted by Gasteiger charge is -2.29. The van der Waals surface area contributed by atoms with Crippen LogP contribution >= 0.6 is 24.0 Å². The SMILES string of the molecule is COC(=O)c1ccc(Cl)cc1S(=O)(=O)N1CCC(N)CC1.Cl. The number of hydrogen-bond acceptors (Lipinski definition) is 5. The average Bonchev–Trinajstić information content (AvgIpc) is 2.47. The Bertz CT molecular complexity index is 643. The van der Waals surface area contributed by atoms with E-state index in [1.807, 2.05) is 0 Å². The van der Waals surface area contributed by atoms with Gasteiger partial charge in [-0.25, -0.2) is 13.2 Å². The summed E-state index contributed by atoms with van der Waals surface area (Å²) in [5, 5.41) is 0.245. The molecule has 0 atom stereocenters. The predicted molar refractivity (Wildman–Crippen MR) is 86.0 cm³/mol. The van der Waals surface area contributed by atoms with E-state index in [-0.39, 0.29) is 33.9 Å². The van der Waals surface area contributed by atoms with E-state index >= 15 is 0 Å². The van der Waals surface area contributed by atoms with Crippen LogP contribution in [0.5, 0.6) is 0 Å². The summed E-state index contributed by atoms with van der Waals surface area (Å²) in [7, 11) is -2.60. The van der Waals surface area contributed by atoms with Crippen LogP contribution in [-0.2, 0) is 14.8 Å². The second-order valence-corrected chi connectivity index (χ2v) is 7.22. The van der Waals surface area contributed by atoms with Crippen molar-refractivity contribution in [2.75, 3.05) is 20.2 Å². The number of carbonyl (C=O) groups is 1. The minimum absolute atomic E-state index is 0. The lowest BCUT2D eigenvalue weighted by Crippen LogP contribution is -2.43. The van der Waals surface area contributed by atoms with Crippen molar-refractivity contribution in [3.05, 3.63) is 28.8 Å². The van der Waals surface area contributed by atoms with Gasteiger partial charge in [0.1, 0.15) is 0 Å². The number of carbonyl (C=O) groups excluding carboxylic acids is 1. The summed E-state index contributed by atoms with van der Waals surface area (Å²) in [6, 6.07) is 4.10. The van der Waals surface area contributed by atoms with Gasteiger partial charge in [0.2, 0.25) is 10.0 Å². The van der Waals surface area contributed by atoms with Gasteiger partial charge < -0.3 is 10.5 Å². The Labute approximate surface area is 141 Å². The molecule has 9 heteroatoms. The summed E-state index contributed by atoms with van der Waals surface area (Å²) < 4.78 is 31.4. The molecule has 1 aromatic rings. The van der Waals surface area contributed by atoms with Crippen LogP contribution in [0.2, 0.25) is 5.02 Å². The first kappa shape index (κ1) is 19.2. The van der Waals surface area contributed by atoms with Crippen LogP contribution in [0.25, 0.3) is 0 Å². The molecule has 124 valence electrons. The number of hydrogen-bond donors (Lipinski definition) is 1. The first-order valence-electron chi connectivity index (χ1n) is 6.50. The van der Waals surface area contributed by atoms with Gasteiger partial charge in [0.15, 0.2) is 0 Å². The van der Waals surface area contributed by atoms with Gasteiger partial charge in [-0.2, -0.15) is 4.31 Å². The quantitative estimate of drug-likeness (QED) is 0.819. The van der Waals surface area contributed by atoms with E-state index in [1.54, 1.807) is 0 Å². The number of nitrogens with two attached hydrogens (primary N) is 1. The number of esters is 1. The second-order valence-electron chi connectivity index (χ2n) is 4.87. The summed E-state index contributed by atoms with van der Waals surface area (Å²) >= 11 is 5.88. The number of sulfonamides is 1.